The fourth-order valence-corrected chi connectivity index (χ4v) is 3.42. The predicted octanol–water partition coefficient (Wildman–Crippen LogP) is 3.62. The first-order valence-electron chi connectivity index (χ1n) is 9.41. The summed E-state index contributed by atoms with van der Waals surface area (Å²) in [4.78, 5) is 12.3. The average Bonchev–Trinajstić information content (AvgIpc) is 3.35. The average molecular weight is 470 g/mol. The van der Waals surface area contributed by atoms with E-state index in [1.165, 1.54) is 19.2 Å². The summed E-state index contributed by atoms with van der Waals surface area (Å²) in [6, 6.07) is 5.34. The maximum Gasteiger partial charge on any atom is 0.573 e. The van der Waals surface area contributed by atoms with Gasteiger partial charge >= 0.3 is 12.4 Å². The molecular weight excluding hydrogens is 455 g/mol. The normalized spacial score (nSPS) is 18.2. The van der Waals surface area contributed by atoms with E-state index in [0.717, 1.165) is 24.3 Å². The topological polar surface area (TPSA) is 98.5 Å². The molecule has 1 unspecified atom stereocenters. The van der Waals surface area contributed by atoms with Gasteiger partial charge in [-0.05, 0) is 24.3 Å². The van der Waals surface area contributed by atoms with Gasteiger partial charge in [-0.25, -0.2) is 8.78 Å². The number of amides is 1. The standard InChI is InChI=1S/C20H15F5N4O4/c1-31-11-6-13(21)15(14(22)7-11)12-8-26-17(30)16(12)27-19-29-28-18(32-19)9-2-4-10(5-3-9)33-20(23,24)25/h2-7,12,16H,8H2,1H3,(H,26,30)(H,27,29)/t12?,16-/m1/s1. The van der Waals surface area contributed by atoms with Gasteiger partial charge in [-0.15, -0.1) is 18.3 Å². The summed E-state index contributed by atoms with van der Waals surface area (Å²) in [6.07, 6.45) is -4.83. The number of halogens is 5. The number of hydrogen-bond donors (Lipinski definition) is 2. The van der Waals surface area contributed by atoms with Crippen molar-refractivity contribution in [1.29, 1.82) is 0 Å². The molecule has 0 bridgehead atoms. The molecule has 0 aliphatic carbocycles. The number of carbonyl (C=O) groups excluding carboxylic acids is 1. The van der Waals surface area contributed by atoms with Crippen LogP contribution in [0.15, 0.2) is 40.8 Å². The Morgan fingerprint density at radius 2 is 1.76 bits per heavy atom. The minimum Gasteiger partial charge on any atom is -0.497 e. The van der Waals surface area contributed by atoms with Crippen LogP contribution in [0.1, 0.15) is 11.5 Å². The Labute approximate surface area is 182 Å². The number of hydrogen-bond acceptors (Lipinski definition) is 7. The van der Waals surface area contributed by atoms with Crippen LogP contribution in [0.5, 0.6) is 11.5 Å². The van der Waals surface area contributed by atoms with Crippen LogP contribution in [-0.4, -0.2) is 42.2 Å². The molecule has 174 valence electrons. The van der Waals surface area contributed by atoms with Crippen molar-refractivity contribution in [3.8, 4) is 23.0 Å². The molecule has 13 heteroatoms. The van der Waals surface area contributed by atoms with Crippen LogP contribution in [0.25, 0.3) is 11.5 Å². The molecule has 2 atom stereocenters. The highest BCUT2D eigenvalue weighted by Gasteiger charge is 2.40. The van der Waals surface area contributed by atoms with Gasteiger partial charge in [0.05, 0.1) is 7.11 Å². The third-order valence-corrected chi connectivity index (χ3v) is 4.88. The Hall–Kier alpha value is -3.90. The Kier molecular flexibility index (Phi) is 5.78. The summed E-state index contributed by atoms with van der Waals surface area (Å²) in [5, 5.41) is 12.7. The predicted molar refractivity (Wildman–Crippen MR) is 102 cm³/mol. The Bertz CT molecular complexity index is 1140. The summed E-state index contributed by atoms with van der Waals surface area (Å²) >= 11 is 0. The van der Waals surface area contributed by atoms with E-state index in [4.69, 9.17) is 9.15 Å². The molecule has 1 aromatic heterocycles. The van der Waals surface area contributed by atoms with E-state index in [9.17, 15) is 26.7 Å². The molecule has 0 radical (unpaired) electrons. The highest BCUT2D eigenvalue weighted by atomic mass is 19.4. The van der Waals surface area contributed by atoms with Crippen LogP contribution in [-0.2, 0) is 4.79 Å². The molecule has 2 heterocycles. The zero-order chi connectivity index (χ0) is 23.8. The van der Waals surface area contributed by atoms with E-state index in [1.807, 2.05) is 0 Å². The lowest BCUT2D eigenvalue weighted by Crippen LogP contribution is -2.33. The van der Waals surface area contributed by atoms with E-state index < -0.39 is 41.6 Å². The van der Waals surface area contributed by atoms with E-state index in [1.54, 1.807) is 0 Å². The molecule has 33 heavy (non-hydrogen) atoms. The molecule has 8 nitrogen and oxygen atoms in total. The van der Waals surface area contributed by atoms with Gasteiger partial charge in [-0.3, -0.25) is 4.79 Å². The quantitative estimate of drug-likeness (QED) is 0.531. The van der Waals surface area contributed by atoms with Crippen LogP contribution in [0.3, 0.4) is 0 Å². The fourth-order valence-electron chi connectivity index (χ4n) is 3.42. The first-order chi connectivity index (χ1) is 15.6. The van der Waals surface area contributed by atoms with Gasteiger partial charge < -0.3 is 24.5 Å². The summed E-state index contributed by atoms with van der Waals surface area (Å²) in [5.74, 6) is -3.74. The van der Waals surface area contributed by atoms with E-state index in [-0.39, 0.29) is 35.3 Å². The fraction of sp³-hybridized carbons (Fsp3) is 0.250. The van der Waals surface area contributed by atoms with Crippen LogP contribution in [0.4, 0.5) is 28.0 Å². The summed E-state index contributed by atoms with van der Waals surface area (Å²) in [5.41, 5.74) is -0.0311. The Balaban J connectivity index is 1.53. The second-order valence-electron chi connectivity index (χ2n) is 6.96. The third-order valence-electron chi connectivity index (χ3n) is 4.88. The minimum absolute atomic E-state index is 0.0104. The number of alkyl halides is 3. The zero-order valence-corrected chi connectivity index (χ0v) is 16.7. The van der Waals surface area contributed by atoms with Crippen molar-refractivity contribution in [1.82, 2.24) is 15.5 Å². The van der Waals surface area contributed by atoms with Crippen molar-refractivity contribution in [2.24, 2.45) is 0 Å². The molecule has 1 amide bonds. The van der Waals surface area contributed by atoms with Gasteiger partial charge in [0, 0.05) is 35.7 Å². The van der Waals surface area contributed by atoms with Gasteiger partial charge in [0.15, 0.2) is 0 Å². The highest BCUT2D eigenvalue weighted by molar-refractivity contribution is 5.88. The lowest BCUT2D eigenvalue weighted by molar-refractivity contribution is -0.274. The van der Waals surface area contributed by atoms with Gasteiger partial charge in [0.25, 0.3) is 0 Å². The molecule has 1 aliphatic rings. The number of nitrogens with zero attached hydrogens (tertiary/aromatic N) is 2. The van der Waals surface area contributed by atoms with E-state index in [0.29, 0.717) is 0 Å². The number of aromatic nitrogens is 2. The number of anilines is 1. The molecule has 1 saturated heterocycles. The lowest BCUT2D eigenvalue weighted by atomic mass is 9.93. The van der Waals surface area contributed by atoms with E-state index >= 15 is 0 Å². The van der Waals surface area contributed by atoms with Crippen LogP contribution < -0.4 is 20.1 Å². The number of nitrogens with one attached hydrogen (secondary N) is 2. The molecular formula is C20H15F5N4O4. The maximum atomic E-state index is 14.5. The van der Waals surface area contributed by atoms with Crippen molar-refractivity contribution in [2.75, 3.05) is 19.0 Å². The highest BCUT2D eigenvalue weighted by Crippen LogP contribution is 2.33. The summed E-state index contributed by atoms with van der Waals surface area (Å²) < 4.78 is 79.9. The van der Waals surface area contributed by atoms with Crippen LogP contribution >= 0.6 is 0 Å². The first kappa shape index (κ1) is 22.3. The SMILES string of the molecule is COc1cc(F)c(C2CNC(=O)[C@@H]2Nc2nnc(-c3ccc(OC(F)(F)F)cc3)o2)c(F)c1. The van der Waals surface area contributed by atoms with Crippen molar-refractivity contribution in [3.63, 3.8) is 0 Å². The Morgan fingerprint density at radius 1 is 1.09 bits per heavy atom. The largest absolute Gasteiger partial charge is 0.573 e. The van der Waals surface area contributed by atoms with Gasteiger partial charge in [0.2, 0.25) is 11.8 Å². The smallest absolute Gasteiger partial charge is 0.497 e. The molecule has 1 aliphatic heterocycles. The minimum atomic E-state index is -4.83. The number of methoxy groups -OCH3 is 1. The second-order valence-corrected chi connectivity index (χ2v) is 6.96. The van der Waals surface area contributed by atoms with Crippen LogP contribution in [0.2, 0.25) is 0 Å². The lowest BCUT2D eigenvalue weighted by Gasteiger charge is -2.19. The van der Waals surface area contributed by atoms with Crippen LogP contribution in [0, 0.1) is 11.6 Å². The summed E-state index contributed by atoms with van der Waals surface area (Å²) in [6.45, 7) is -0.0433. The summed E-state index contributed by atoms with van der Waals surface area (Å²) in [7, 11) is 1.27. The van der Waals surface area contributed by atoms with Gasteiger partial charge in [-0.1, -0.05) is 5.10 Å². The Morgan fingerprint density at radius 3 is 2.36 bits per heavy atom. The maximum absolute atomic E-state index is 14.5. The number of rotatable bonds is 6. The molecule has 2 aromatic carbocycles. The van der Waals surface area contributed by atoms with Gasteiger partial charge in [-0.2, -0.15) is 0 Å². The molecule has 2 N–H and O–H groups in total. The van der Waals surface area contributed by atoms with Crippen molar-refractivity contribution in [2.45, 2.75) is 18.3 Å². The second kappa shape index (κ2) is 8.56. The first-order valence-corrected chi connectivity index (χ1v) is 9.41. The number of carbonyl (C=O) groups is 1. The van der Waals surface area contributed by atoms with Crippen molar-refractivity contribution < 1.29 is 40.6 Å². The zero-order valence-electron chi connectivity index (χ0n) is 16.7. The third kappa shape index (κ3) is 4.81. The monoisotopic (exact) mass is 470 g/mol. The molecule has 1 fully saturated rings. The van der Waals surface area contributed by atoms with Crippen molar-refractivity contribution >= 4 is 11.9 Å². The molecule has 3 aromatic rings. The number of ether oxygens (including phenoxy) is 2. The van der Waals surface area contributed by atoms with Crippen molar-refractivity contribution in [3.05, 3.63) is 53.6 Å². The number of benzene rings is 2. The molecule has 0 saturated carbocycles. The molecule has 4 rings (SSSR count). The van der Waals surface area contributed by atoms with E-state index in [2.05, 4.69) is 25.6 Å². The molecule has 0 spiro atoms. The van der Waals surface area contributed by atoms with Gasteiger partial charge in [0.1, 0.15) is 29.2 Å².